The zero-order valence-corrected chi connectivity index (χ0v) is 12.8. The van der Waals surface area contributed by atoms with Crippen molar-refractivity contribution in [2.45, 2.75) is 51.9 Å². The Hall–Kier alpha value is -1.83. The molecular weight excluding hydrogens is 260 g/mol. The van der Waals surface area contributed by atoms with Crippen molar-refractivity contribution in [1.29, 1.82) is 0 Å². The number of fused-ring (bicyclic) bond motifs is 1. The van der Waals surface area contributed by atoms with Crippen molar-refractivity contribution in [3.8, 4) is 0 Å². The average molecular weight is 284 g/mol. The second kappa shape index (κ2) is 7.82. The summed E-state index contributed by atoms with van der Waals surface area (Å²) in [5.41, 5.74) is 1.67. The van der Waals surface area contributed by atoms with E-state index in [4.69, 9.17) is 0 Å². The smallest absolute Gasteiger partial charge is 0.336 e. The maximum Gasteiger partial charge on any atom is 0.336 e. The summed E-state index contributed by atoms with van der Waals surface area (Å²) in [6.07, 6.45) is 8.72. The van der Waals surface area contributed by atoms with E-state index in [2.05, 4.69) is 6.92 Å². The van der Waals surface area contributed by atoms with E-state index >= 15 is 0 Å². The van der Waals surface area contributed by atoms with Crippen LogP contribution in [-0.2, 0) is 6.42 Å². The van der Waals surface area contributed by atoms with Gasteiger partial charge in [0, 0.05) is 0 Å². The lowest BCUT2D eigenvalue weighted by molar-refractivity contribution is 0.0699. The number of hydrogen-bond acceptors (Lipinski definition) is 1. The SMILES string of the molecule is CCCCCCCCc1ccc(C(=O)O)c2ccccc12. The number of carbonyl (C=O) groups is 1. The van der Waals surface area contributed by atoms with Crippen LogP contribution in [0.2, 0.25) is 0 Å². The Morgan fingerprint density at radius 1 is 0.905 bits per heavy atom. The molecule has 0 aliphatic carbocycles. The first-order valence-corrected chi connectivity index (χ1v) is 7.98. The fraction of sp³-hybridized carbons (Fsp3) is 0.421. The second-order valence-corrected chi connectivity index (χ2v) is 5.64. The van der Waals surface area contributed by atoms with Crippen molar-refractivity contribution in [2.75, 3.05) is 0 Å². The lowest BCUT2D eigenvalue weighted by atomic mass is 9.96. The number of carboxylic acids is 1. The summed E-state index contributed by atoms with van der Waals surface area (Å²) in [6, 6.07) is 11.6. The Labute approximate surface area is 126 Å². The number of aryl methyl sites for hydroxylation is 1. The van der Waals surface area contributed by atoms with Gasteiger partial charge in [0.2, 0.25) is 0 Å². The van der Waals surface area contributed by atoms with E-state index in [-0.39, 0.29) is 0 Å². The molecule has 0 aliphatic rings. The summed E-state index contributed by atoms with van der Waals surface area (Å²) < 4.78 is 0. The van der Waals surface area contributed by atoms with Gasteiger partial charge in [0.05, 0.1) is 5.56 Å². The van der Waals surface area contributed by atoms with Gasteiger partial charge in [-0.3, -0.25) is 0 Å². The highest BCUT2D eigenvalue weighted by Gasteiger charge is 2.10. The first kappa shape index (κ1) is 15.6. The molecule has 112 valence electrons. The standard InChI is InChI=1S/C19H24O2/c1-2-3-4-5-6-7-10-15-13-14-18(19(20)21)17-12-9-8-11-16(15)17/h8-9,11-14H,2-7,10H2,1H3,(H,20,21). The molecular formula is C19H24O2. The van der Waals surface area contributed by atoms with E-state index in [0.717, 1.165) is 17.2 Å². The molecule has 0 saturated heterocycles. The monoisotopic (exact) mass is 284 g/mol. The van der Waals surface area contributed by atoms with Crippen LogP contribution in [0.1, 0.15) is 61.4 Å². The molecule has 2 rings (SSSR count). The van der Waals surface area contributed by atoms with Gasteiger partial charge in [0.25, 0.3) is 0 Å². The lowest BCUT2D eigenvalue weighted by Gasteiger charge is -2.09. The van der Waals surface area contributed by atoms with Crippen LogP contribution < -0.4 is 0 Å². The Balaban J connectivity index is 2.07. The predicted molar refractivity (Wildman–Crippen MR) is 88.0 cm³/mol. The lowest BCUT2D eigenvalue weighted by Crippen LogP contribution is -1.99. The summed E-state index contributed by atoms with van der Waals surface area (Å²) in [7, 11) is 0. The van der Waals surface area contributed by atoms with Crippen LogP contribution in [0, 0.1) is 0 Å². The number of benzene rings is 2. The van der Waals surface area contributed by atoms with Gasteiger partial charge in [-0.05, 0) is 35.2 Å². The molecule has 0 spiro atoms. The van der Waals surface area contributed by atoms with Gasteiger partial charge in [0.1, 0.15) is 0 Å². The molecule has 0 aromatic heterocycles. The Morgan fingerprint density at radius 2 is 1.57 bits per heavy atom. The maximum atomic E-state index is 11.3. The molecule has 2 heteroatoms. The van der Waals surface area contributed by atoms with Crippen molar-refractivity contribution in [3.63, 3.8) is 0 Å². The van der Waals surface area contributed by atoms with E-state index in [0.29, 0.717) is 5.56 Å². The third kappa shape index (κ3) is 4.07. The Morgan fingerprint density at radius 3 is 2.29 bits per heavy atom. The maximum absolute atomic E-state index is 11.3. The molecule has 0 fully saturated rings. The highest BCUT2D eigenvalue weighted by atomic mass is 16.4. The van der Waals surface area contributed by atoms with E-state index in [9.17, 15) is 9.90 Å². The fourth-order valence-electron chi connectivity index (χ4n) is 2.86. The van der Waals surface area contributed by atoms with Crippen LogP contribution in [0.3, 0.4) is 0 Å². The highest BCUT2D eigenvalue weighted by molar-refractivity contribution is 6.04. The number of hydrogen-bond donors (Lipinski definition) is 1. The Kier molecular flexibility index (Phi) is 5.79. The number of aromatic carboxylic acids is 1. The van der Waals surface area contributed by atoms with Crippen LogP contribution in [0.5, 0.6) is 0 Å². The van der Waals surface area contributed by atoms with Crippen molar-refractivity contribution < 1.29 is 9.90 Å². The summed E-state index contributed by atoms with van der Waals surface area (Å²) in [5, 5.41) is 11.2. The molecule has 0 aliphatic heterocycles. The minimum absolute atomic E-state index is 0.400. The molecule has 2 nitrogen and oxygen atoms in total. The van der Waals surface area contributed by atoms with Crippen LogP contribution in [0.25, 0.3) is 10.8 Å². The van der Waals surface area contributed by atoms with E-state index in [1.807, 2.05) is 30.3 Å². The van der Waals surface area contributed by atoms with Crippen LogP contribution in [-0.4, -0.2) is 11.1 Å². The molecule has 1 N–H and O–H groups in total. The summed E-state index contributed by atoms with van der Waals surface area (Å²) >= 11 is 0. The Bertz CT molecular complexity index is 602. The van der Waals surface area contributed by atoms with Gasteiger partial charge in [-0.2, -0.15) is 0 Å². The van der Waals surface area contributed by atoms with Crippen molar-refractivity contribution in [3.05, 3.63) is 47.5 Å². The van der Waals surface area contributed by atoms with Gasteiger partial charge in [-0.15, -0.1) is 0 Å². The van der Waals surface area contributed by atoms with E-state index in [1.165, 1.54) is 44.1 Å². The summed E-state index contributed by atoms with van der Waals surface area (Å²) in [5.74, 6) is -0.850. The highest BCUT2D eigenvalue weighted by Crippen LogP contribution is 2.24. The van der Waals surface area contributed by atoms with Gasteiger partial charge in [0.15, 0.2) is 0 Å². The largest absolute Gasteiger partial charge is 0.478 e. The minimum Gasteiger partial charge on any atom is -0.478 e. The zero-order chi connectivity index (χ0) is 15.1. The molecule has 2 aromatic carbocycles. The van der Waals surface area contributed by atoms with Crippen molar-refractivity contribution in [2.24, 2.45) is 0 Å². The third-order valence-electron chi connectivity index (χ3n) is 4.04. The molecule has 21 heavy (non-hydrogen) atoms. The van der Waals surface area contributed by atoms with Gasteiger partial charge < -0.3 is 5.11 Å². The molecule has 2 aromatic rings. The minimum atomic E-state index is -0.850. The van der Waals surface area contributed by atoms with E-state index < -0.39 is 5.97 Å². The number of rotatable bonds is 8. The molecule has 0 bridgehead atoms. The number of carboxylic acid groups (broad SMARTS) is 1. The zero-order valence-electron chi connectivity index (χ0n) is 12.8. The van der Waals surface area contributed by atoms with Gasteiger partial charge >= 0.3 is 5.97 Å². The normalized spacial score (nSPS) is 10.9. The average Bonchev–Trinajstić information content (AvgIpc) is 2.50. The summed E-state index contributed by atoms with van der Waals surface area (Å²) in [6.45, 7) is 2.23. The first-order valence-electron chi connectivity index (χ1n) is 7.98. The van der Waals surface area contributed by atoms with Crippen LogP contribution >= 0.6 is 0 Å². The van der Waals surface area contributed by atoms with Crippen LogP contribution in [0.15, 0.2) is 36.4 Å². The van der Waals surface area contributed by atoms with Crippen molar-refractivity contribution in [1.82, 2.24) is 0 Å². The van der Waals surface area contributed by atoms with Crippen molar-refractivity contribution >= 4 is 16.7 Å². The quantitative estimate of drug-likeness (QED) is 0.655. The fourth-order valence-corrected chi connectivity index (χ4v) is 2.86. The van der Waals surface area contributed by atoms with Gasteiger partial charge in [-0.25, -0.2) is 4.79 Å². The topological polar surface area (TPSA) is 37.3 Å². The molecule has 0 saturated carbocycles. The molecule has 0 radical (unpaired) electrons. The third-order valence-corrected chi connectivity index (χ3v) is 4.04. The molecule has 0 heterocycles. The van der Waals surface area contributed by atoms with Gasteiger partial charge in [-0.1, -0.05) is 69.4 Å². The molecule has 0 amide bonds. The van der Waals surface area contributed by atoms with E-state index in [1.54, 1.807) is 6.07 Å². The molecule has 0 atom stereocenters. The predicted octanol–water partition coefficient (Wildman–Crippen LogP) is 5.44. The van der Waals surface area contributed by atoms with Crippen LogP contribution in [0.4, 0.5) is 0 Å². The molecule has 0 unspecified atom stereocenters. The first-order chi connectivity index (χ1) is 10.2. The summed E-state index contributed by atoms with van der Waals surface area (Å²) in [4.78, 5) is 11.3. The second-order valence-electron chi connectivity index (χ2n) is 5.64. The number of unbranched alkanes of at least 4 members (excludes halogenated alkanes) is 5.